The van der Waals surface area contributed by atoms with Crippen molar-refractivity contribution in [1.29, 1.82) is 0 Å². The predicted molar refractivity (Wildman–Crippen MR) is 99.9 cm³/mol. The zero-order chi connectivity index (χ0) is 18.8. The van der Waals surface area contributed by atoms with Gasteiger partial charge in [-0.05, 0) is 18.7 Å². The van der Waals surface area contributed by atoms with Crippen molar-refractivity contribution >= 4 is 11.9 Å². The first-order valence-corrected chi connectivity index (χ1v) is 9.85. The zero-order valence-electron chi connectivity index (χ0n) is 16.9. The molecular formula is C19H37N2NaO4. The van der Waals surface area contributed by atoms with Crippen molar-refractivity contribution in [1.82, 2.24) is 4.90 Å². The number of hydrogen-bond acceptors (Lipinski definition) is 5. The summed E-state index contributed by atoms with van der Waals surface area (Å²) in [5, 5.41) is 29.3. The summed E-state index contributed by atoms with van der Waals surface area (Å²) < 4.78 is 0. The summed E-state index contributed by atoms with van der Waals surface area (Å²) in [6.07, 6.45) is 12.8. The molecule has 0 radical (unpaired) electrons. The Bertz CT molecular complexity index is 354. The Morgan fingerprint density at radius 1 is 0.962 bits per heavy atom. The summed E-state index contributed by atoms with van der Waals surface area (Å²) >= 11 is 0. The smallest absolute Gasteiger partial charge is 0.862 e. The minimum absolute atomic E-state index is 0. The molecule has 0 fully saturated rings. The van der Waals surface area contributed by atoms with Crippen LogP contribution in [0.1, 0.15) is 77.6 Å². The van der Waals surface area contributed by atoms with Crippen LogP contribution in [0.2, 0.25) is 0 Å². The van der Waals surface area contributed by atoms with E-state index in [0.29, 0.717) is 19.5 Å². The van der Waals surface area contributed by atoms with Crippen molar-refractivity contribution in [3.05, 3.63) is 0 Å². The van der Waals surface area contributed by atoms with Crippen LogP contribution < -0.4 is 34.7 Å². The van der Waals surface area contributed by atoms with E-state index in [0.717, 1.165) is 12.8 Å². The normalized spacial score (nSPS) is 11.6. The molecule has 0 amide bonds. The molecule has 0 saturated carbocycles. The number of carboxylic acids is 1. The number of rotatable bonds is 18. The Hall–Kier alpha value is -0.140. The second-order valence-corrected chi connectivity index (χ2v) is 6.60. The number of nitrogens with zero attached hydrogens (tertiary/aromatic N) is 2. The third-order valence-corrected chi connectivity index (χ3v) is 4.22. The van der Waals surface area contributed by atoms with Gasteiger partial charge in [0.05, 0.1) is 19.7 Å². The molecule has 2 N–H and O–H groups in total. The molecule has 0 bridgehead atoms. The van der Waals surface area contributed by atoms with Crippen molar-refractivity contribution < 1.29 is 49.7 Å². The van der Waals surface area contributed by atoms with Gasteiger partial charge in [0.1, 0.15) is 0 Å². The van der Waals surface area contributed by atoms with Gasteiger partial charge < -0.3 is 20.3 Å². The van der Waals surface area contributed by atoms with Crippen LogP contribution in [0.3, 0.4) is 0 Å². The summed E-state index contributed by atoms with van der Waals surface area (Å²) in [6, 6.07) is 0. The number of aliphatic imine (C=N–C) groups is 1. The first-order chi connectivity index (χ1) is 12.1. The van der Waals surface area contributed by atoms with Gasteiger partial charge in [-0.3, -0.25) is 9.69 Å². The van der Waals surface area contributed by atoms with Gasteiger partial charge >= 0.3 is 35.5 Å². The Morgan fingerprint density at radius 3 is 2.00 bits per heavy atom. The molecule has 6 nitrogen and oxygen atoms in total. The summed E-state index contributed by atoms with van der Waals surface area (Å²) in [5.74, 6) is -1.04. The second kappa shape index (κ2) is 21.2. The second-order valence-electron chi connectivity index (χ2n) is 6.60. The standard InChI is InChI=1S/C19H38N2O4.Na/c1-2-3-4-5-6-7-8-9-10-11-12-18(23)20-13-14-21(15-16-22)17-19(24)25;/h22H,2-17H2,1H3,(H,20,23)(H,24,25);/q;+1/p-1. The molecule has 0 aromatic carbocycles. The maximum atomic E-state index is 11.7. The van der Waals surface area contributed by atoms with Gasteiger partial charge in [-0.2, -0.15) is 0 Å². The summed E-state index contributed by atoms with van der Waals surface area (Å²) in [7, 11) is 0. The molecule has 0 aromatic rings. The molecule has 0 saturated heterocycles. The fraction of sp³-hybridized carbons (Fsp3) is 0.895. The van der Waals surface area contributed by atoms with Crippen molar-refractivity contribution in [2.24, 2.45) is 4.99 Å². The maximum Gasteiger partial charge on any atom is 1.00 e. The van der Waals surface area contributed by atoms with Crippen LogP contribution >= 0.6 is 0 Å². The fourth-order valence-electron chi connectivity index (χ4n) is 2.76. The summed E-state index contributed by atoms with van der Waals surface area (Å²) in [4.78, 5) is 16.2. The molecule has 7 heteroatoms. The number of carbonyl (C=O) groups is 1. The Balaban J connectivity index is 0. The molecule has 0 unspecified atom stereocenters. The van der Waals surface area contributed by atoms with Gasteiger partial charge in [0.15, 0.2) is 0 Å². The van der Waals surface area contributed by atoms with Gasteiger partial charge in [0, 0.05) is 13.1 Å². The average molecular weight is 381 g/mol. The topological polar surface area (TPSA) is 96.2 Å². The Labute approximate surface area is 181 Å². The van der Waals surface area contributed by atoms with E-state index >= 15 is 0 Å². The van der Waals surface area contributed by atoms with Crippen LogP contribution in [0.15, 0.2) is 4.99 Å². The molecule has 0 aromatic heterocycles. The van der Waals surface area contributed by atoms with Crippen LogP contribution in [0.4, 0.5) is 0 Å². The van der Waals surface area contributed by atoms with E-state index in [1.165, 1.54) is 51.4 Å². The number of aliphatic hydroxyl groups excluding tert-OH is 1. The van der Waals surface area contributed by atoms with Crippen molar-refractivity contribution in [3.8, 4) is 0 Å². The number of unbranched alkanes of at least 4 members (excludes halogenated alkanes) is 9. The molecule has 0 heterocycles. The number of aliphatic carboxylic acids is 1. The molecule has 0 aliphatic carbocycles. The molecule has 0 aliphatic rings. The van der Waals surface area contributed by atoms with Crippen LogP contribution in [-0.4, -0.2) is 59.8 Å². The third kappa shape index (κ3) is 20.2. The minimum atomic E-state index is -0.940. The van der Waals surface area contributed by atoms with Crippen LogP contribution in [-0.2, 0) is 4.79 Å². The van der Waals surface area contributed by atoms with Crippen LogP contribution in [0.25, 0.3) is 0 Å². The third-order valence-electron chi connectivity index (χ3n) is 4.22. The van der Waals surface area contributed by atoms with Crippen molar-refractivity contribution in [2.75, 3.05) is 32.8 Å². The Kier molecular flexibility index (Phi) is 22.9. The number of aliphatic hydroxyl groups is 1. The molecule has 0 atom stereocenters. The predicted octanol–water partition coefficient (Wildman–Crippen LogP) is -0.561. The molecule has 0 spiro atoms. The zero-order valence-corrected chi connectivity index (χ0v) is 18.9. The van der Waals surface area contributed by atoms with Crippen LogP contribution in [0.5, 0.6) is 0 Å². The van der Waals surface area contributed by atoms with Gasteiger partial charge in [0.25, 0.3) is 0 Å². The van der Waals surface area contributed by atoms with E-state index in [1.807, 2.05) is 0 Å². The van der Waals surface area contributed by atoms with E-state index in [1.54, 1.807) is 4.90 Å². The van der Waals surface area contributed by atoms with Gasteiger partial charge in [0.2, 0.25) is 0 Å². The number of carboxylic acid groups (broad SMARTS) is 1. The fourth-order valence-corrected chi connectivity index (χ4v) is 2.76. The summed E-state index contributed by atoms with van der Waals surface area (Å²) in [5.41, 5.74) is 0. The molecule has 0 aliphatic heterocycles. The van der Waals surface area contributed by atoms with Gasteiger partial charge in [-0.25, -0.2) is 0 Å². The van der Waals surface area contributed by atoms with Crippen LogP contribution in [0, 0.1) is 0 Å². The van der Waals surface area contributed by atoms with E-state index in [2.05, 4.69) is 11.9 Å². The van der Waals surface area contributed by atoms with E-state index in [-0.39, 0.29) is 55.2 Å². The van der Waals surface area contributed by atoms with E-state index in [4.69, 9.17) is 10.2 Å². The largest absolute Gasteiger partial charge is 1.00 e. The molecule has 26 heavy (non-hydrogen) atoms. The van der Waals surface area contributed by atoms with Gasteiger partial charge in [-0.15, -0.1) is 0 Å². The summed E-state index contributed by atoms with van der Waals surface area (Å²) in [6.45, 7) is 2.96. The SMILES string of the molecule is CCCCCCCCCCCCC([O-])=NCCN(CCO)CC(=O)O.[Na+]. The first-order valence-electron chi connectivity index (χ1n) is 9.85. The van der Waals surface area contributed by atoms with Crippen molar-refractivity contribution in [2.45, 2.75) is 77.6 Å². The minimum Gasteiger partial charge on any atom is -0.862 e. The maximum absolute atomic E-state index is 11.7. The molecule has 148 valence electrons. The molecule has 0 rings (SSSR count). The first kappa shape index (κ1) is 28.1. The number of hydrogen-bond donors (Lipinski definition) is 2. The average Bonchev–Trinajstić information content (AvgIpc) is 2.56. The van der Waals surface area contributed by atoms with Crippen molar-refractivity contribution in [3.63, 3.8) is 0 Å². The van der Waals surface area contributed by atoms with E-state index < -0.39 is 5.97 Å². The van der Waals surface area contributed by atoms with Gasteiger partial charge in [-0.1, -0.05) is 64.7 Å². The Morgan fingerprint density at radius 2 is 1.50 bits per heavy atom. The van der Waals surface area contributed by atoms with E-state index in [9.17, 15) is 9.90 Å². The monoisotopic (exact) mass is 380 g/mol. The molecular weight excluding hydrogens is 343 g/mol. The quantitative estimate of drug-likeness (QED) is 0.144.